The second-order valence-corrected chi connectivity index (χ2v) is 7.69. The molecule has 1 aliphatic carbocycles. The van der Waals surface area contributed by atoms with Gasteiger partial charge in [-0.25, -0.2) is 9.86 Å². The van der Waals surface area contributed by atoms with Crippen molar-refractivity contribution in [2.45, 2.75) is 51.0 Å². The normalized spacial score (nSPS) is 21.0. The van der Waals surface area contributed by atoms with Crippen LogP contribution in [0.2, 0.25) is 0 Å². The summed E-state index contributed by atoms with van der Waals surface area (Å²) in [5.74, 6) is -0.890. The average Bonchev–Trinajstić information content (AvgIpc) is 3.31. The molecule has 0 unspecified atom stereocenters. The Bertz CT molecular complexity index is 562. The van der Waals surface area contributed by atoms with Crippen LogP contribution in [0, 0.1) is 11.8 Å². The van der Waals surface area contributed by atoms with Crippen LogP contribution in [0.1, 0.15) is 44.9 Å². The van der Waals surface area contributed by atoms with Crippen molar-refractivity contribution >= 4 is 24.3 Å². The largest absolute Gasteiger partial charge is 0.331 e. The molecule has 0 bridgehead atoms. The predicted octanol–water partition coefficient (Wildman–Crippen LogP) is 0.819. The number of nitrogens with one attached hydrogen (secondary N) is 1. The fraction of sp³-hybridized carbons (Fsp3) is 0.778. The van der Waals surface area contributed by atoms with Crippen LogP contribution >= 0.6 is 0 Å². The SMILES string of the molecule is CN(C)C(=O)NC(=O)[C@@H]1CCCN1C(=O)[C@H](CC1CCCC1)CN(O)C=O. The van der Waals surface area contributed by atoms with Gasteiger partial charge in [0.1, 0.15) is 6.04 Å². The molecular weight excluding hydrogens is 352 g/mol. The summed E-state index contributed by atoms with van der Waals surface area (Å²) >= 11 is 0. The molecule has 9 heteroatoms. The first-order valence-corrected chi connectivity index (χ1v) is 9.57. The fourth-order valence-corrected chi connectivity index (χ4v) is 4.01. The molecule has 0 radical (unpaired) electrons. The maximum atomic E-state index is 13.1. The molecule has 2 fully saturated rings. The molecule has 27 heavy (non-hydrogen) atoms. The zero-order chi connectivity index (χ0) is 20.0. The minimum absolute atomic E-state index is 0.0830. The number of hydrogen-bond donors (Lipinski definition) is 2. The smallest absolute Gasteiger partial charge is 0.323 e. The molecule has 1 saturated carbocycles. The minimum atomic E-state index is -0.698. The van der Waals surface area contributed by atoms with Crippen molar-refractivity contribution in [1.82, 2.24) is 20.2 Å². The molecule has 2 rings (SSSR count). The van der Waals surface area contributed by atoms with Gasteiger partial charge in [0.15, 0.2) is 0 Å². The molecule has 1 aliphatic heterocycles. The Morgan fingerprint density at radius 2 is 1.85 bits per heavy atom. The van der Waals surface area contributed by atoms with E-state index in [1.807, 2.05) is 0 Å². The molecule has 2 atom stereocenters. The molecule has 5 amide bonds. The summed E-state index contributed by atoms with van der Waals surface area (Å²) in [5, 5.41) is 12.4. The quantitative estimate of drug-likeness (QED) is 0.385. The molecule has 0 spiro atoms. The number of hydrogen-bond acceptors (Lipinski definition) is 5. The highest BCUT2D eigenvalue weighted by molar-refractivity contribution is 5.98. The van der Waals surface area contributed by atoms with Crippen molar-refractivity contribution in [3.63, 3.8) is 0 Å². The summed E-state index contributed by atoms with van der Waals surface area (Å²) in [7, 11) is 3.07. The lowest BCUT2D eigenvalue weighted by atomic mass is 9.91. The summed E-state index contributed by atoms with van der Waals surface area (Å²) in [5.41, 5.74) is 0. The van der Waals surface area contributed by atoms with Crippen LogP contribution in [0.4, 0.5) is 4.79 Å². The second-order valence-electron chi connectivity index (χ2n) is 7.69. The van der Waals surface area contributed by atoms with Crippen molar-refractivity contribution in [3.05, 3.63) is 0 Å². The zero-order valence-corrected chi connectivity index (χ0v) is 16.1. The second kappa shape index (κ2) is 9.68. The number of likely N-dealkylation sites (tertiary alicyclic amines) is 1. The summed E-state index contributed by atoms with van der Waals surface area (Å²) in [6.07, 6.45) is 6.38. The number of imide groups is 1. The van der Waals surface area contributed by atoms with E-state index in [-0.39, 0.29) is 12.5 Å². The number of carbonyl (C=O) groups is 4. The highest BCUT2D eigenvalue weighted by atomic mass is 16.5. The molecule has 1 saturated heterocycles. The summed E-state index contributed by atoms with van der Waals surface area (Å²) < 4.78 is 0. The maximum absolute atomic E-state index is 13.1. The Morgan fingerprint density at radius 1 is 1.19 bits per heavy atom. The monoisotopic (exact) mass is 382 g/mol. The number of amides is 5. The third-order valence-electron chi connectivity index (χ3n) is 5.45. The molecule has 1 heterocycles. The molecule has 0 aromatic carbocycles. The van der Waals surface area contributed by atoms with Crippen LogP contribution in [0.25, 0.3) is 0 Å². The average molecular weight is 382 g/mol. The Kier molecular flexibility index (Phi) is 7.58. The highest BCUT2D eigenvalue weighted by Gasteiger charge is 2.39. The third kappa shape index (κ3) is 5.66. The van der Waals surface area contributed by atoms with E-state index < -0.39 is 23.9 Å². The van der Waals surface area contributed by atoms with E-state index in [9.17, 15) is 24.4 Å². The Morgan fingerprint density at radius 3 is 2.44 bits per heavy atom. The van der Waals surface area contributed by atoms with Crippen LogP contribution in [0.15, 0.2) is 0 Å². The number of hydroxylamine groups is 2. The highest BCUT2D eigenvalue weighted by Crippen LogP contribution is 2.32. The van der Waals surface area contributed by atoms with E-state index in [1.165, 1.54) is 23.9 Å². The van der Waals surface area contributed by atoms with Gasteiger partial charge < -0.3 is 9.80 Å². The van der Waals surface area contributed by atoms with Crippen LogP contribution in [0.3, 0.4) is 0 Å². The summed E-state index contributed by atoms with van der Waals surface area (Å²) in [6, 6.07) is -1.22. The van der Waals surface area contributed by atoms with E-state index in [1.54, 1.807) is 0 Å². The lowest BCUT2D eigenvalue weighted by Crippen LogP contribution is -2.52. The van der Waals surface area contributed by atoms with E-state index >= 15 is 0 Å². The van der Waals surface area contributed by atoms with Gasteiger partial charge in [-0.2, -0.15) is 0 Å². The number of urea groups is 1. The first kappa shape index (κ1) is 21.1. The van der Waals surface area contributed by atoms with Crippen molar-refractivity contribution < 1.29 is 24.4 Å². The van der Waals surface area contributed by atoms with Crippen LogP contribution in [-0.2, 0) is 14.4 Å². The van der Waals surface area contributed by atoms with Gasteiger partial charge in [-0.3, -0.25) is 24.9 Å². The van der Waals surface area contributed by atoms with Gasteiger partial charge in [-0.15, -0.1) is 0 Å². The van der Waals surface area contributed by atoms with Gasteiger partial charge in [0.25, 0.3) is 5.91 Å². The Hall–Kier alpha value is -2.16. The van der Waals surface area contributed by atoms with Crippen molar-refractivity contribution in [1.29, 1.82) is 0 Å². The predicted molar refractivity (Wildman–Crippen MR) is 96.6 cm³/mol. The van der Waals surface area contributed by atoms with Gasteiger partial charge in [0, 0.05) is 20.6 Å². The molecule has 0 aromatic rings. The van der Waals surface area contributed by atoms with Crippen LogP contribution < -0.4 is 5.32 Å². The zero-order valence-electron chi connectivity index (χ0n) is 16.1. The lowest BCUT2D eigenvalue weighted by Gasteiger charge is -2.30. The molecule has 2 N–H and O–H groups in total. The number of nitrogens with zero attached hydrogens (tertiary/aromatic N) is 3. The molecule has 152 valence electrons. The van der Waals surface area contributed by atoms with Crippen molar-refractivity contribution in [2.24, 2.45) is 11.8 Å². The van der Waals surface area contributed by atoms with Gasteiger partial charge >= 0.3 is 6.03 Å². The van der Waals surface area contributed by atoms with E-state index in [0.717, 1.165) is 25.7 Å². The van der Waals surface area contributed by atoms with Crippen molar-refractivity contribution in [3.8, 4) is 0 Å². The fourth-order valence-electron chi connectivity index (χ4n) is 4.01. The van der Waals surface area contributed by atoms with Crippen LogP contribution in [-0.4, -0.2) is 77.6 Å². The van der Waals surface area contributed by atoms with E-state index in [2.05, 4.69) is 5.32 Å². The van der Waals surface area contributed by atoms with E-state index in [0.29, 0.717) is 43.2 Å². The van der Waals surface area contributed by atoms with Gasteiger partial charge in [-0.05, 0) is 25.2 Å². The topological polar surface area (TPSA) is 110 Å². The lowest BCUT2D eigenvalue weighted by molar-refractivity contribution is -0.158. The van der Waals surface area contributed by atoms with Gasteiger partial charge in [-0.1, -0.05) is 25.7 Å². The Labute approximate surface area is 159 Å². The van der Waals surface area contributed by atoms with Crippen LogP contribution in [0.5, 0.6) is 0 Å². The maximum Gasteiger partial charge on any atom is 0.323 e. The minimum Gasteiger partial charge on any atom is -0.331 e. The van der Waals surface area contributed by atoms with Crippen molar-refractivity contribution in [2.75, 3.05) is 27.2 Å². The number of rotatable bonds is 7. The molecule has 9 nitrogen and oxygen atoms in total. The Balaban J connectivity index is 2.07. The standard InChI is InChI=1S/C18H30N4O5/c1-20(2)18(26)19-16(24)15-8-5-9-22(15)17(25)14(11-21(27)12-23)10-13-6-3-4-7-13/h12-15,27H,3-11H2,1-2H3,(H,19,24,26)/t14-,15+/m1/s1. The summed E-state index contributed by atoms with van der Waals surface area (Å²) in [6.45, 7) is 0.348. The van der Waals surface area contributed by atoms with E-state index in [4.69, 9.17) is 0 Å². The number of carbonyl (C=O) groups excluding carboxylic acids is 4. The van der Waals surface area contributed by atoms with Gasteiger partial charge in [0.05, 0.1) is 12.5 Å². The molecule has 0 aromatic heterocycles. The van der Waals surface area contributed by atoms with Gasteiger partial charge in [0.2, 0.25) is 12.3 Å². The summed E-state index contributed by atoms with van der Waals surface area (Å²) in [4.78, 5) is 50.9. The first-order valence-electron chi connectivity index (χ1n) is 9.57. The molecular formula is C18H30N4O5. The first-order chi connectivity index (χ1) is 12.8. The molecule has 2 aliphatic rings. The third-order valence-corrected chi connectivity index (χ3v) is 5.45.